The molecule has 3 heteroatoms. The van der Waals surface area contributed by atoms with Crippen molar-refractivity contribution in [2.24, 2.45) is 0 Å². The van der Waals surface area contributed by atoms with Crippen LogP contribution in [0.2, 0.25) is 0 Å². The van der Waals surface area contributed by atoms with Gasteiger partial charge in [-0.1, -0.05) is 60.7 Å². The van der Waals surface area contributed by atoms with Crippen LogP contribution in [0.5, 0.6) is 0 Å². The van der Waals surface area contributed by atoms with Crippen molar-refractivity contribution < 1.29 is 5.11 Å². The van der Waals surface area contributed by atoms with Gasteiger partial charge in [0.1, 0.15) is 0 Å². The molecule has 1 heterocycles. The molecule has 23 heavy (non-hydrogen) atoms. The van der Waals surface area contributed by atoms with Gasteiger partial charge in [0.05, 0.1) is 12.1 Å². The molecule has 1 aliphatic heterocycles. The van der Waals surface area contributed by atoms with Crippen molar-refractivity contribution in [1.82, 2.24) is 10.2 Å². The second-order valence-corrected chi connectivity index (χ2v) is 6.54. The summed E-state index contributed by atoms with van der Waals surface area (Å²) >= 11 is 0. The van der Waals surface area contributed by atoms with Crippen molar-refractivity contribution in [3.05, 3.63) is 71.8 Å². The quantitative estimate of drug-likeness (QED) is 0.861. The maximum atomic E-state index is 10.1. The minimum atomic E-state index is -0.218. The highest BCUT2D eigenvalue weighted by atomic mass is 16.3. The topological polar surface area (TPSA) is 35.5 Å². The first-order chi connectivity index (χ1) is 11.2. The number of aliphatic hydroxyl groups excluding tert-OH is 1. The zero-order valence-electron chi connectivity index (χ0n) is 13.8. The van der Waals surface area contributed by atoms with Gasteiger partial charge in [0.25, 0.3) is 0 Å². The van der Waals surface area contributed by atoms with Gasteiger partial charge >= 0.3 is 0 Å². The van der Waals surface area contributed by atoms with E-state index >= 15 is 0 Å². The molecule has 2 N–H and O–H groups in total. The lowest BCUT2D eigenvalue weighted by Crippen LogP contribution is -2.55. The standard InChI is InChI=1S/C20H26N2O/c1-17-20(16-23,21-14-18-8-4-2-5-9-18)12-13-22(17)15-19-10-6-3-7-11-19/h2-11,17,21,23H,12-16H2,1H3. The highest BCUT2D eigenvalue weighted by Crippen LogP contribution is 2.30. The van der Waals surface area contributed by atoms with Gasteiger partial charge < -0.3 is 10.4 Å². The third-order valence-electron chi connectivity index (χ3n) is 5.19. The van der Waals surface area contributed by atoms with Crippen LogP contribution < -0.4 is 5.32 Å². The smallest absolute Gasteiger partial charge is 0.0629 e. The Morgan fingerprint density at radius 1 is 1.04 bits per heavy atom. The van der Waals surface area contributed by atoms with E-state index in [0.717, 1.165) is 26.1 Å². The first-order valence-corrected chi connectivity index (χ1v) is 8.41. The lowest BCUT2D eigenvalue weighted by Gasteiger charge is -2.35. The zero-order valence-corrected chi connectivity index (χ0v) is 13.8. The maximum Gasteiger partial charge on any atom is 0.0629 e. The van der Waals surface area contributed by atoms with Gasteiger partial charge in [-0.3, -0.25) is 4.90 Å². The fourth-order valence-electron chi connectivity index (χ4n) is 3.51. The van der Waals surface area contributed by atoms with Crippen LogP contribution in [-0.2, 0) is 13.1 Å². The molecule has 1 fully saturated rings. The lowest BCUT2D eigenvalue weighted by molar-refractivity contribution is 0.115. The molecule has 2 aromatic carbocycles. The van der Waals surface area contributed by atoms with Gasteiger partial charge in [0.2, 0.25) is 0 Å². The number of aliphatic hydroxyl groups is 1. The number of nitrogens with one attached hydrogen (secondary N) is 1. The summed E-state index contributed by atoms with van der Waals surface area (Å²) in [5.41, 5.74) is 2.37. The second kappa shape index (κ2) is 7.26. The van der Waals surface area contributed by atoms with Gasteiger partial charge in [-0.25, -0.2) is 0 Å². The summed E-state index contributed by atoms with van der Waals surface area (Å²) in [6.07, 6.45) is 0.977. The largest absolute Gasteiger partial charge is 0.394 e. The molecule has 0 radical (unpaired) electrons. The van der Waals surface area contributed by atoms with E-state index in [2.05, 4.69) is 71.7 Å². The van der Waals surface area contributed by atoms with E-state index < -0.39 is 0 Å². The second-order valence-electron chi connectivity index (χ2n) is 6.54. The van der Waals surface area contributed by atoms with Crippen molar-refractivity contribution >= 4 is 0 Å². The number of likely N-dealkylation sites (tertiary alicyclic amines) is 1. The van der Waals surface area contributed by atoms with Crippen LogP contribution in [-0.4, -0.2) is 34.7 Å². The summed E-state index contributed by atoms with van der Waals surface area (Å²) in [4.78, 5) is 2.46. The lowest BCUT2D eigenvalue weighted by atomic mass is 9.91. The number of rotatable bonds is 6. The fourth-order valence-corrected chi connectivity index (χ4v) is 3.51. The van der Waals surface area contributed by atoms with Crippen LogP contribution in [0.3, 0.4) is 0 Å². The summed E-state index contributed by atoms with van der Waals surface area (Å²) < 4.78 is 0. The molecule has 0 saturated carbocycles. The molecule has 0 aromatic heterocycles. The Morgan fingerprint density at radius 2 is 1.65 bits per heavy atom. The highest BCUT2D eigenvalue weighted by molar-refractivity contribution is 5.17. The van der Waals surface area contributed by atoms with Gasteiger partial charge in [-0.2, -0.15) is 0 Å². The monoisotopic (exact) mass is 310 g/mol. The molecule has 122 valence electrons. The first-order valence-electron chi connectivity index (χ1n) is 8.41. The van der Waals surface area contributed by atoms with E-state index in [1.807, 2.05) is 6.07 Å². The molecular weight excluding hydrogens is 284 g/mol. The Kier molecular flexibility index (Phi) is 5.11. The third-order valence-corrected chi connectivity index (χ3v) is 5.19. The normalized spacial score (nSPS) is 24.9. The molecule has 0 bridgehead atoms. The van der Waals surface area contributed by atoms with E-state index in [1.54, 1.807) is 0 Å². The van der Waals surface area contributed by atoms with Crippen LogP contribution in [0.15, 0.2) is 60.7 Å². The van der Waals surface area contributed by atoms with Crippen LogP contribution >= 0.6 is 0 Å². The fraction of sp³-hybridized carbons (Fsp3) is 0.400. The molecule has 2 atom stereocenters. The van der Waals surface area contributed by atoms with E-state index in [-0.39, 0.29) is 12.1 Å². The minimum Gasteiger partial charge on any atom is -0.394 e. The Labute approximate surface area is 139 Å². The Balaban J connectivity index is 1.65. The molecule has 2 unspecified atom stereocenters. The van der Waals surface area contributed by atoms with Gasteiger partial charge in [-0.05, 0) is 24.5 Å². The third kappa shape index (κ3) is 3.63. The maximum absolute atomic E-state index is 10.1. The Morgan fingerprint density at radius 3 is 2.26 bits per heavy atom. The van der Waals surface area contributed by atoms with Crippen molar-refractivity contribution in [3.8, 4) is 0 Å². The summed E-state index contributed by atoms with van der Waals surface area (Å²) in [7, 11) is 0. The SMILES string of the molecule is CC1N(Cc2ccccc2)CCC1(CO)NCc1ccccc1. The van der Waals surface area contributed by atoms with Crippen molar-refractivity contribution in [2.75, 3.05) is 13.2 Å². The molecule has 3 nitrogen and oxygen atoms in total. The number of hydrogen-bond acceptors (Lipinski definition) is 3. The Hall–Kier alpha value is -1.68. The molecule has 1 aliphatic rings. The van der Waals surface area contributed by atoms with Crippen molar-refractivity contribution in [1.29, 1.82) is 0 Å². The molecule has 0 spiro atoms. The van der Waals surface area contributed by atoms with E-state index in [1.165, 1.54) is 11.1 Å². The van der Waals surface area contributed by atoms with E-state index in [0.29, 0.717) is 6.04 Å². The summed E-state index contributed by atoms with van der Waals surface area (Å²) in [6.45, 7) is 5.15. The predicted octanol–water partition coefficient (Wildman–Crippen LogP) is 2.80. The zero-order chi connectivity index (χ0) is 16.1. The van der Waals surface area contributed by atoms with Crippen LogP contribution in [0, 0.1) is 0 Å². The average molecular weight is 310 g/mol. The molecule has 2 aromatic rings. The average Bonchev–Trinajstić information content (AvgIpc) is 2.92. The van der Waals surface area contributed by atoms with Gasteiger partial charge in [-0.15, -0.1) is 0 Å². The van der Waals surface area contributed by atoms with E-state index in [4.69, 9.17) is 0 Å². The first kappa shape index (κ1) is 16.2. The molecule has 0 amide bonds. The Bertz CT molecular complexity index is 602. The number of benzene rings is 2. The van der Waals surface area contributed by atoms with E-state index in [9.17, 15) is 5.11 Å². The van der Waals surface area contributed by atoms with Crippen LogP contribution in [0.1, 0.15) is 24.5 Å². The summed E-state index contributed by atoms with van der Waals surface area (Å²) in [6, 6.07) is 21.3. The van der Waals surface area contributed by atoms with Crippen LogP contribution in [0.4, 0.5) is 0 Å². The number of nitrogens with zero attached hydrogens (tertiary/aromatic N) is 1. The van der Waals surface area contributed by atoms with Gasteiger partial charge in [0, 0.05) is 25.7 Å². The summed E-state index contributed by atoms with van der Waals surface area (Å²) in [5.74, 6) is 0. The molecule has 3 rings (SSSR count). The van der Waals surface area contributed by atoms with Crippen LogP contribution in [0.25, 0.3) is 0 Å². The minimum absolute atomic E-state index is 0.173. The predicted molar refractivity (Wildman–Crippen MR) is 94.0 cm³/mol. The van der Waals surface area contributed by atoms with Crippen molar-refractivity contribution in [3.63, 3.8) is 0 Å². The van der Waals surface area contributed by atoms with Crippen molar-refractivity contribution in [2.45, 2.75) is 38.0 Å². The highest BCUT2D eigenvalue weighted by Gasteiger charge is 2.43. The van der Waals surface area contributed by atoms with Gasteiger partial charge in [0.15, 0.2) is 0 Å². The summed E-state index contributed by atoms with van der Waals surface area (Å²) in [5, 5.41) is 13.7. The molecule has 1 saturated heterocycles. The molecular formula is C20H26N2O. The molecule has 0 aliphatic carbocycles. The number of hydrogen-bond donors (Lipinski definition) is 2.